The lowest BCUT2D eigenvalue weighted by molar-refractivity contribution is 0.207. The van der Waals surface area contributed by atoms with Crippen molar-refractivity contribution in [3.05, 3.63) is 0 Å². The summed E-state index contributed by atoms with van der Waals surface area (Å²) in [4.78, 5) is 0. The number of unbranched alkanes of at least 4 members (excludes halogenated alkanes) is 2. The van der Waals surface area contributed by atoms with Gasteiger partial charge in [-0.15, -0.1) is 0 Å². The van der Waals surface area contributed by atoms with Crippen LogP contribution < -0.4 is 0 Å². The maximum atomic E-state index is 8.96. The van der Waals surface area contributed by atoms with Gasteiger partial charge in [0.05, 0.1) is 0 Å². The highest BCUT2D eigenvalue weighted by Gasteiger charge is 2.04. The topological polar surface area (TPSA) is 51.7 Å². The maximum absolute atomic E-state index is 8.96. The first-order chi connectivity index (χ1) is 5.35. The maximum Gasteiger partial charge on any atom is 0.0459 e. The van der Waals surface area contributed by atoms with Gasteiger partial charge in [-0.3, -0.25) is 0 Å². The lowest BCUT2D eigenvalue weighted by Crippen LogP contribution is -2.05. The van der Waals surface area contributed by atoms with Gasteiger partial charge in [0.25, 0.3) is 0 Å². The fourth-order valence-corrected chi connectivity index (χ4v) is 1.42. The number of rotatable bonds is 7. The Balaban J connectivity index is 0. The summed E-state index contributed by atoms with van der Waals surface area (Å²) in [5, 5.41) is 8.96. The van der Waals surface area contributed by atoms with Crippen LogP contribution in [0.5, 0.6) is 0 Å². The van der Waals surface area contributed by atoms with Crippen LogP contribution in [0.4, 0.5) is 0 Å². The van der Waals surface area contributed by atoms with Crippen LogP contribution >= 0.6 is 0 Å². The molecule has 0 bridgehead atoms. The molecule has 12 heavy (non-hydrogen) atoms. The predicted molar refractivity (Wildman–Crippen MR) is 53.2 cm³/mol. The molecule has 0 saturated heterocycles. The highest BCUT2D eigenvalue weighted by Crippen LogP contribution is 2.14. The molecule has 0 rings (SSSR count). The molecule has 0 saturated carbocycles. The van der Waals surface area contributed by atoms with Crippen molar-refractivity contribution in [1.29, 1.82) is 0 Å². The van der Waals surface area contributed by atoms with Crippen LogP contribution in [-0.2, 0) is 0 Å². The van der Waals surface area contributed by atoms with Crippen molar-refractivity contribution >= 4 is 0 Å². The molecule has 0 aliphatic carbocycles. The molecule has 0 aliphatic heterocycles. The van der Waals surface area contributed by atoms with E-state index in [1.54, 1.807) is 0 Å². The summed E-state index contributed by atoms with van der Waals surface area (Å²) in [5.41, 5.74) is 0. The lowest BCUT2D eigenvalue weighted by atomic mass is 9.98. The Morgan fingerprint density at radius 1 is 1.00 bits per heavy atom. The summed E-state index contributed by atoms with van der Waals surface area (Å²) in [6.07, 6.45) is 7.52. The Hall–Kier alpha value is -0.0800. The van der Waals surface area contributed by atoms with E-state index in [0.717, 1.165) is 0 Å². The van der Waals surface area contributed by atoms with Crippen molar-refractivity contribution in [2.45, 2.75) is 52.4 Å². The monoisotopic (exact) mass is 176 g/mol. The fourth-order valence-electron chi connectivity index (χ4n) is 1.42. The van der Waals surface area contributed by atoms with Crippen molar-refractivity contribution in [1.82, 2.24) is 0 Å². The fraction of sp³-hybridized carbons (Fsp3) is 1.00. The number of hydrogen-bond donors (Lipinski definition) is 1. The lowest BCUT2D eigenvalue weighted by Gasteiger charge is -2.11. The van der Waals surface area contributed by atoms with Crippen LogP contribution in [0.15, 0.2) is 0 Å². The minimum absolute atomic E-state index is 0. The second kappa shape index (κ2) is 10.9. The van der Waals surface area contributed by atoms with Gasteiger partial charge in [-0.2, -0.15) is 0 Å². The molecule has 0 amide bonds. The highest BCUT2D eigenvalue weighted by molar-refractivity contribution is 4.56. The highest BCUT2D eigenvalue weighted by atomic mass is 16.3. The zero-order valence-corrected chi connectivity index (χ0v) is 8.47. The van der Waals surface area contributed by atoms with E-state index in [2.05, 4.69) is 13.8 Å². The smallest absolute Gasteiger partial charge is 0.0459 e. The summed E-state index contributed by atoms with van der Waals surface area (Å²) in [6.45, 7) is 4.79. The summed E-state index contributed by atoms with van der Waals surface area (Å²) in [6, 6.07) is 0. The van der Waals surface area contributed by atoms with Gasteiger partial charge in [-0.1, -0.05) is 39.5 Å². The minimum atomic E-state index is 0. The van der Waals surface area contributed by atoms with Gasteiger partial charge < -0.3 is 10.6 Å². The van der Waals surface area contributed by atoms with Crippen LogP contribution in [0.3, 0.4) is 0 Å². The van der Waals surface area contributed by atoms with E-state index in [9.17, 15) is 0 Å². The average molecular weight is 176 g/mol. The molecule has 2 heteroatoms. The predicted octanol–water partition coefficient (Wildman–Crippen LogP) is 2.15. The molecule has 0 radical (unpaired) electrons. The standard InChI is InChI=1S/C10H22O.H2O/c1-3-5-6-8-10(9-11)7-4-2;/h10-11H,3-9H2,1-2H3;1H2. The first-order valence-corrected chi connectivity index (χ1v) is 4.96. The summed E-state index contributed by atoms with van der Waals surface area (Å²) >= 11 is 0. The largest absolute Gasteiger partial charge is 0.412 e. The Morgan fingerprint density at radius 2 is 1.67 bits per heavy atom. The van der Waals surface area contributed by atoms with Crippen LogP contribution in [-0.4, -0.2) is 17.2 Å². The number of hydrogen-bond acceptors (Lipinski definition) is 1. The third-order valence-corrected chi connectivity index (χ3v) is 2.17. The molecular formula is C10H24O2. The minimum Gasteiger partial charge on any atom is -0.412 e. The first kappa shape index (κ1) is 14.4. The molecule has 0 aromatic heterocycles. The van der Waals surface area contributed by atoms with E-state index in [1.165, 1.54) is 38.5 Å². The van der Waals surface area contributed by atoms with Crippen molar-refractivity contribution in [2.75, 3.05) is 6.61 Å². The Bertz CT molecular complexity index is 74.2. The van der Waals surface area contributed by atoms with E-state index in [0.29, 0.717) is 12.5 Å². The molecule has 2 nitrogen and oxygen atoms in total. The SMILES string of the molecule is CCCCCC(CO)CCC.O. The van der Waals surface area contributed by atoms with Crippen LogP contribution in [0.1, 0.15) is 52.4 Å². The Kier molecular flexibility index (Phi) is 13.1. The summed E-state index contributed by atoms with van der Waals surface area (Å²) < 4.78 is 0. The van der Waals surface area contributed by atoms with Crippen LogP contribution in [0.25, 0.3) is 0 Å². The molecule has 1 atom stereocenters. The van der Waals surface area contributed by atoms with Gasteiger partial charge in [-0.05, 0) is 18.8 Å². The number of aliphatic hydroxyl groups excluding tert-OH is 1. The molecule has 0 fully saturated rings. The third kappa shape index (κ3) is 8.02. The van der Waals surface area contributed by atoms with Crippen molar-refractivity contribution in [3.63, 3.8) is 0 Å². The van der Waals surface area contributed by atoms with Crippen molar-refractivity contribution in [2.24, 2.45) is 5.92 Å². The second-order valence-corrected chi connectivity index (χ2v) is 3.33. The Morgan fingerprint density at radius 3 is 2.08 bits per heavy atom. The van der Waals surface area contributed by atoms with Gasteiger partial charge in [0.15, 0.2) is 0 Å². The molecule has 0 aliphatic rings. The molecule has 0 aromatic rings. The summed E-state index contributed by atoms with van der Waals surface area (Å²) in [5.74, 6) is 0.576. The molecule has 1 unspecified atom stereocenters. The first-order valence-electron chi connectivity index (χ1n) is 4.96. The molecule has 0 aromatic carbocycles. The number of aliphatic hydroxyl groups is 1. The van der Waals surface area contributed by atoms with Gasteiger partial charge in [0.2, 0.25) is 0 Å². The molecule has 3 N–H and O–H groups in total. The Labute approximate surface area is 76.3 Å². The molecule has 0 heterocycles. The van der Waals surface area contributed by atoms with E-state index in [1.807, 2.05) is 0 Å². The average Bonchev–Trinajstić information content (AvgIpc) is 2.03. The van der Waals surface area contributed by atoms with Gasteiger partial charge in [0.1, 0.15) is 0 Å². The van der Waals surface area contributed by atoms with E-state index < -0.39 is 0 Å². The van der Waals surface area contributed by atoms with Gasteiger partial charge in [-0.25, -0.2) is 0 Å². The van der Waals surface area contributed by atoms with Crippen molar-refractivity contribution < 1.29 is 10.6 Å². The second-order valence-electron chi connectivity index (χ2n) is 3.33. The van der Waals surface area contributed by atoms with Crippen LogP contribution in [0.2, 0.25) is 0 Å². The van der Waals surface area contributed by atoms with Gasteiger partial charge in [0, 0.05) is 6.61 Å². The zero-order chi connectivity index (χ0) is 8.53. The normalized spacial score (nSPS) is 12.2. The van der Waals surface area contributed by atoms with E-state index in [-0.39, 0.29) is 5.48 Å². The summed E-state index contributed by atoms with van der Waals surface area (Å²) in [7, 11) is 0. The molecule has 76 valence electrons. The molecule has 0 spiro atoms. The van der Waals surface area contributed by atoms with Crippen LogP contribution in [0, 0.1) is 5.92 Å². The quantitative estimate of drug-likeness (QED) is 0.594. The van der Waals surface area contributed by atoms with Gasteiger partial charge >= 0.3 is 0 Å². The van der Waals surface area contributed by atoms with E-state index >= 15 is 0 Å². The van der Waals surface area contributed by atoms with E-state index in [4.69, 9.17) is 5.11 Å². The van der Waals surface area contributed by atoms with Crippen molar-refractivity contribution in [3.8, 4) is 0 Å². The zero-order valence-electron chi connectivity index (χ0n) is 8.47. The third-order valence-electron chi connectivity index (χ3n) is 2.17. The molecular weight excluding hydrogens is 152 g/mol.